The summed E-state index contributed by atoms with van der Waals surface area (Å²) in [6, 6.07) is 24.3. The summed E-state index contributed by atoms with van der Waals surface area (Å²) in [6.45, 7) is 14.3. The maximum absolute atomic E-state index is 10.1. The Morgan fingerprint density at radius 3 is 2.12 bits per heavy atom. The van der Waals surface area contributed by atoms with Crippen LogP contribution in [0, 0.1) is 17.4 Å². The van der Waals surface area contributed by atoms with Crippen molar-refractivity contribution >= 4 is 5.97 Å². The first-order valence-corrected chi connectivity index (χ1v) is 14.2. The van der Waals surface area contributed by atoms with E-state index in [1.165, 1.54) is 58.5 Å². The molecular formula is C36H37N2O2Pt-. The molecule has 0 saturated heterocycles. The zero-order valence-electron chi connectivity index (χ0n) is 24.6. The summed E-state index contributed by atoms with van der Waals surface area (Å²) >= 11 is 0. The molecule has 0 radical (unpaired) electrons. The van der Waals surface area contributed by atoms with Gasteiger partial charge in [0.1, 0.15) is 5.69 Å². The van der Waals surface area contributed by atoms with Gasteiger partial charge in [0.15, 0.2) is 0 Å². The number of carboxylic acid groups (broad SMARTS) is 1. The Labute approximate surface area is 257 Å². The Kier molecular flexibility index (Phi) is 7.39. The van der Waals surface area contributed by atoms with Gasteiger partial charge in [-0.2, -0.15) is 0 Å². The van der Waals surface area contributed by atoms with Gasteiger partial charge in [0.2, 0.25) is 0 Å². The first-order chi connectivity index (χ1) is 18.9. The van der Waals surface area contributed by atoms with Gasteiger partial charge in [-0.25, -0.2) is 9.78 Å². The van der Waals surface area contributed by atoms with Crippen LogP contribution in [0.1, 0.15) is 97.8 Å². The molecule has 0 spiro atoms. The molecule has 4 aliphatic carbocycles. The molecule has 0 aliphatic heterocycles. The van der Waals surface area contributed by atoms with Crippen LogP contribution in [0.4, 0.5) is 0 Å². The van der Waals surface area contributed by atoms with Crippen LogP contribution < -0.4 is 0 Å². The van der Waals surface area contributed by atoms with E-state index in [2.05, 4.69) is 101 Å². The summed E-state index contributed by atoms with van der Waals surface area (Å²) in [6.07, 6.45) is 6.16. The van der Waals surface area contributed by atoms with Crippen LogP contribution in [0.5, 0.6) is 0 Å². The summed E-state index contributed by atoms with van der Waals surface area (Å²) in [5.74, 6) is 0.520. The van der Waals surface area contributed by atoms with E-state index in [4.69, 9.17) is 10.1 Å². The molecule has 5 heteroatoms. The number of hydrogen-bond donors (Lipinski definition) is 1. The summed E-state index contributed by atoms with van der Waals surface area (Å²) in [4.78, 5) is 18.7. The van der Waals surface area contributed by atoms with Crippen molar-refractivity contribution in [3.05, 3.63) is 118 Å². The van der Waals surface area contributed by atoms with E-state index < -0.39 is 5.97 Å². The summed E-state index contributed by atoms with van der Waals surface area (Å²) in [5.41, 5.74) is 11.3. The van der Waals surface area contributed by atoms with E-state index >= 15 is 0 Å². The minimum Gasteiger partial charge on any atom is -0.477 e. The fourth-order valence-electron chi connectivity index (χ4n) is 7.33. The second-order valence-electron chi connectivity index (χ2n) is 13.3. The van der Waals surface area contributed by atoms with Crippen molar-refractivity contribution in [3.63, 3.8) is 0 Å². The van der Waals surface area contributed by atoms with Crippen molar-refractivity contribution in [2.75, 3.05) is 0 Å². The molecule has 1 N–H and O–H groups in total. The number of fused-ring (bicyclic) bond motifs is 2. The molecule has 2 bridgehead atoms. The third-order valence-corrected chi connectivity index (χ3v) is 10.1. The number of pyridine rings is 2. The molecule has 2 aromatic carbocycles. The predicted molar refractivity (Wildman–Crippen MR) is 159 cm³/mol. The van der Waals surface area contributed by atoms with Crippen LogP contribution in [0.2, 0.25) is 0 Å². The van der Waals surface area contributed by atoms with Gasteiger partial charge in [-0.3, -0.25) is 0 Å². The second-order valence-corrected chi connectivity index (χ2v) is 13.3. The first kappa shape index (κ1) is 29.4. The van der Waals surface area contributed by atoms with Gasteiger partial charge in [-0.1, -0.05) is 77.9 Å². The molecule has 214 valence electrons. The largest absolute Gasteiger partial charge is 0.477 e. The monoisotopic (exact) mass is 724 g/mol. The molecule has 4 nitrogen and oxygen atoms in total. The predicted octanol–water partition coefficient (Wildman–Crippen LogP) is 7.98. The van der Waals surface area contributed by atoms with E-state index in [-0.39, 0.29) is 37.6 Å². The topological polar surface area (TPSA) is 63.1 Å². The smallest absolute Gasteiger partial charge is 0.354 e. The number of rotatable bonds is 2. The fourth-order valence-corrected chi connectivity index (χ4v) is 7.33. The zero-order valence-corrected chi connectivity index (χ0v) is 26.8. The maximum atomic E-state index is 10.1. The SMILES string of the molecule is CC1(C)c2c[c-]c(-c3cc4c(cn3)C3CC(C4)C3(C)C)cc2C(C)(C)c2ccccc21.O=C(O)c1ccccn1.[Pt]. The number of hydrogen-bond acceptors (Lipinski definition) is 3. The van der Waals surface area contributed by atoms with E-state index in [1.807, 2.05) is 0 Å². The molecule has 1 fully saturated rings. The number of carboxylic acids is 1. The molecule has 1 saturated carbocycles. The number of nitrogens with zero attached hydrogens (tertiary/aromatic N) is 2. The second kappa shape index (κ2) is 10.3. The minimum atomic E-state index is -0.990. The summed E-state index contributed by atoms with van der Waals surface area (Å²) in [5, 5.41) is 8.32. The average Bonchev–Trinajstić information content (AvgIpc) is 2.96. The van der Waals surface area contributed by atoms with Crippen LogP contribution in [0.15, 0.2) is 73.1 Å². The molecule has 4 aromatic rings. The molecule has 2 aromatic heterocycles. The quantitative estimate of drug-likeness (QED) is 0.213. The Balaban J connectivity index is 0.000000291. The van der Waals surface area contributed by atoms with E-state index in [0.29, 0.717) is 11.3 Å². The maximum Gasteiger partial charge on any atom is 0.354 e. The molecule has 4 aliphatic rings. The fraction of sp³-hybridized carbons (Fsp3) is 0.361. The van der Waals surface area contributed by atoms with Crippen LogP contribution in [0.25, 0.3) is 11.3 Å². The molecule has 2 heterocycles. The van der Waals surface area contributed by atoms with Crippen LogP contribution >= 0.6 is 0 Å². The molecule has 2 atom stereocenters. The molecule has 0 amide bonds. The Morgan fingerprint density at radius 2 is 1.54 bits per heavy atom. The van der Waals surface area contributed by atoms with Crippen molar-refractivity contribution < 1.29 is 31.0 Å². The third-order valence-electron chi connectivity index (χ3n) is 10.1. The standard InChI is InChI=1S/C30H32N.C6H5NO2.Pt/c1-28(2)20-13-19-15-27(31-17-21(19)25(28)16-20)18-11-12-24-26(14-18)30(5,6)23-10-8-7-9-22(23)29(24,3)4;8-6(9)5-3-1-2-4-7-5;/h7-10,12,14-15,17,20,25H,13,16H2,1-6H3;1-4H,(H,8,9);/q-1;;. The molecule has 8 rings (SSSR count). The van der Waals surface area contributed by atoms with Crippen molar-refractivity contribution in [3.8, 4) is 11.3 Å². The minimum absolute atomic E-state index is 0. The van der Waals surface area contributed by atoms with Crippen LogP contribution in [-0.4, -0.2) is 21.0 Å². The number of carbonyl (C=O) groups is 1. The van der Waals surface area contributed by atoms with Gasteiger partial charge < -0.3 is 10.1 Å². The molecular weight excluding hydrogens is 687 g/mol. The van der Waals surface area contributed by atoms with E-state index in [1.54, 1.807) is 12.1 Å². The van der Waals surface area contributed by atoms with Gasteiger partial charge in [0, 0.05) is 33.5 Å². The number of benzene rings is 2. The van der Waals surface area contributed by atoms with Crippen molar-refractivity contribution in [2.24, 2.45) is 11.3 Å². The number of aromatic nitrogens is 2. The van der Waals surface area contributed by atoms with Crippen molar-refractivity contribution in [1.29, 1.82) is 0 Å². The summed E-state index contributed by atoms with van der Waals surface area (Å²) in [7, 11) is 0. The Bertz CT molecular complexity index is 1620. The average molecular weight is 725 g/mol. The van der Waals surface area contributed by atoms with Crippen LogP contribution in [0.3, 0.4) is 0 Å². The molecule has 41 heavy (non-hydrogen) atoms. The Morgan fingerprint density at radius 1 is 0.878 bits per heavy atom. The zero-order chi connectivity index (χ0) is 28.4. The van der Waals surface area contributed by atoms with Gasteiger partial charge in [0.05, 0.1) is 0 Å². The van der Waals surface area contributed by atoms with Gasteiger partial charge in [0.25, 0.3) is 0 Å². The first-order valence-electron chi connectivity index (χ1n) is 14.2. The van der Waals surface area contributed by atoms with Gasteiger partial charge in [-0.05, 0) is 81.0 Å². The number of aromatic carboxylic acids is 1. The van der Waals surface area contributed by atoms with Gasteiger partial charge in [-0.15, -0.1) is 34.9 Å². The van der Waals surface area contributed by atoms with Crippen molar-refractivity contribution in [1.82, 2.24) is 9.97 Å². The molecule has 2 unspecified atom stereocenters. The van der Waals surface area contributed by atoms with E-state index in [0.717, 1.165) is 17.2 Å². The Hall–Kier alpha value is -3.10. The van der Waals surface area contributed by atoms with E-state index in [9.17, 15) is 4.79 Å². The normalized spacial score (nSPS) is 21.3. The van der Waals surface area contributed by atoms with Crippen LogP contribution in [-0.2, 0) is 38.3 Å². The third kappa shape index (κ3) is 4.69. The van der Waals surface area contributed by atoms with Crippen molar-refractivity contribution in [2.45, 2.75) is 71.1 Å². The summed E-state index contributed by atoms with van der Waals surface area (Å²) < 4.78 is 0. The van der Waals surface area contributed by atoms with Gasteiger partial charge >= 0.3 is 5.97 Å².